The molecule has 1 heterocycles. The number of hydrogen-bond donors (Lipinski definition) is 0. The molecule has 2 unspecified atom stereocenters. The van der Waals surface area contributed by atoms with Crippen LogP contribution in [0, 0.1) is 11.8 Å². The third-order valence-electron chi connectivity index (χ3n) is 2.72. The Hall–Kier alpha value is -0.910. The van der Waals surface area contributed by atoms with Crippen molar-refractivity contribution in [1.82, 2.24) is 0 Å². The molecule has 0 spiro atoms. The number of ether oxygens (including phenoxy) is 1. The number of esters is 1. The molecule has 0 aliphatic carbocycles. The van der Waals surface area contributed by atoms with Crippen molar-refractivity contribution in [3.8, 4) is 0 Å². The normalized spacial score (nSPS) is 25.0. The molecule has 0 N–H and O–H groups in total. The predicted octanol–water partition coefficient (Wildman–Crippen LogP) is 0.189. The van der Waals surface area contributed by atoms with Gasteiger partial charge in [-0.2, -0.15) is 0 Å². The van der Waals surface area contributed by atoms with Crippen LogP contribution >= 0.6 is 0 Å². The maximum absolute atomic E-state index is 11.5. The summed E-state index contributed by atoms with van der Waals surface area (Å²) in [5.41, 5.74) is 0. The molecule has 0 amide bonds. The van der Waals surface area contributed by atoms with Gasteiger partial charge in [-0.15, -0.1) is 0 Å². The molecule has 0 bridgehead atoms. The molecule has 0 saturated carbocycles. The summed E-state index contributed by atoms with van der Waals surface area (Å²) in [5.74, 6) is -2.28. The van der Waals surface area contributed by atoms with Gasteiger partial charge in [0.15, 0.2) is 9.84 Å². The van der Waals surface area contributed by atoms with E-state index in [-0.39, 0.29) is 23.9 Å². The highest BCUT2D eigenvalue weighted by molar-refractivity contribution is 7.91. The maximum Gasteiger partial charge on any atom is 0.316 e. The van der Waals surface area contributed by atoms with Gasteiger partial charge in [-0.05, 0) is 26.2 Å². The van der Waals surface area contributed by atoms with Crippen LogP contribution in [-0.2, 0) is 24.2 Å². The third kappa shape index (κ3) is 3.04. The summed E-state index contributed by atoms with van der Waals surface area (Å²) in [6, 6.07) is 0. The monoisotopic (exact) mass is 248 g/mol. The zero-order chi connectivity index (χ0) is 12.3. The summed E-state index contributed by atoms with van der Waals surface area (Å²) in [4.78, 5) is 22.9. The average Bonchev–Trinajstić information content (AvgIpc) is 2.46. The number of ketones is 1. The maximum atomic E-state index is 11.5. The largest absolute Gasteiger partial charge is 0.465 e. The first kappa shape index (κ1) is 13.2. The number of sulfone groups is 1. The highest BCUT2D eigenvalue weighted by Crippen LogP contribution is 2.27. The zero-order valence-corrected chi connectivity index (χ0v) is 10.2. The molecule has 0 radical (unpaired) electrons. The summed E-state index contributed by atoms with van der Waals surface area (Å²) < 4.78 is 27.4. The van der Waals surface area contributed by atoms with Crippen LogP contribution in [0.4, 0.5) is 0 Å². The van der Waals surface area contributed by atoms with Crippen molar-refractivity contribution in [3.63, 3.8) is 0 Å². The Morgan fingerprint density at radius 2 is 2.06 bits per heavy atom. The molecule has 0 aromatic carbocycles. The fourth-order valence-corrected chi connectivity index (χ4v) is 3.85. The van der Waals surface area contributed by atoms with Gasteiger partial charge in [-0.3, -0.25) is 9.59 Å². The molecule has 5 nitrogen and oxygen atoms in total. The van der Waals surface area contributed by atoms with Crippen molar-refractivity contribution in [1.29, 1.82) is 0 Å². The molecular weight excluding hydrogens is 232 g/mol. The lowest BCUT2D eigenvalue weighted by Crippen LogP contribution is -2.32. The second kappa shape index (κ2) is 4.95. The van der Waals surface area contributed by atoms with Crippen molar-refractivity contribution >= 4 is 21.6 Å². The van der Waals surface area contributed by atoms with Gasteiger partial charge in [-0.1, -0.05) is 0 Å². The minimum absolute atomic E-state index is 0.0564. The zero-order valence-electron chi connectivity index (χ0n) is 9.43. The van der Waals surface area contributed by atoms with Crippen LogP contribution in [0.3, 0.4) is 0 Å². The van der Waals surface area contributed by atoms with Gasteiger partial charge in [0.2, 0.25) is 0 Å². The second-order valence-electron chi connectivity index (χ2n) is 4.00. The topological polar surface area (TPSA) is 77.5 Å². The summed E-state index contributed by atoms with van der Waals surface area (Å²) in [5, 5.41) is 0. The molecule has 1 fully saturated rings. The van der Waals surface area contributed by atoms with Crippen LogP contribution in [0.25, 0.3) is 0 Å². The lowest BCUT2D eigenvalue weighted by Gasteiger charge is -2.17. The lowest BCUT2D eigenvalue weighted by atomic mass is 9.89. The van der Waals surface area contributed by atoms with E-state index in [1.165, 1.54) is 6.92 Å². The highest BCUT2D eigenvalue weighted by atomic mass is 32.2. The van der Waals surface area contributed by atoms with Crippen molar-refractivity contribution < 1.29 is 22.7 Å². The fraction of sp³-hybridized carbons (Fsp3) is 0.800. The molecule has 16 heavy (non-hydrogen) atoms. The fourth-order valence-electron chi connectivity index (χ4n) is 2.01. The molecule has 1 rings (SSSR count). The Balaban J connectivity index is 2.80. The Morgan fingerprint density at radius 3 is 2.44 bits per heavy atom. The smallest absolute Gasteiger partial charge is 0.316 e. The lowest BCUT2D eigenvalue weighted by molar-refractivity contribution is -0.153. The van der Waals surface area contributed by atoms with Crippen LogP contribution in [-0.4, -0.2) is 38.3 Å². The van der Waals surface area contributed by atoms with E-state index >= 15 is 0 Å². The van der Waals surface area contributed by atoms with E-state index in [9.17, 15) is 18.0 Å². The molecule has 1 aliphatic heterocycles. The average molecular weight is 248 g/mol. The van der Waals surface area contributed by atoms with Crippen molar-refractivity contribution in [2.75, 3.05) is 18.1 Å². The molecule has 1 saturated heterocycles. The van der Waals surface area contributed by atoms with E-state index in [1.54, 1.807) is 6.92 Å². The summed E-state index contributed by atoms with van der Waals surface area (Å²) >= 11 is 0. The van der Waals surface area contributed by atoms with Gasteiger partial charge in [-0.25, -0.2) is 8.42 Å². The Morgan fingerprint density at radius 1 is 1.44 bits per heavy atom. The first-order chi connectivity index (χ1) is 7.37. The third-order valence-corrected chi connectivity index (χ3v) is 4.51. The first-order valence-electron chi connectivity index (χ1n) is 5.25. The Bertz CT molecular complexity index is 384. The molecule has 6 heteroatoms. The highest BCUT2D eigenvalue weighted by Gasteiger charge is 2.40. The van der Waals surface area contributed by atoms with Crippen molar-refractivity contribution in [2.24, 2.45) is 11.8 Å². The van der Waals surface area contributed by atoms with Gasteiger partial charge in [0, 0.05) is 0 Å². The SMILES string of the molecule is CCOC(=O)C(C(C)=O)C1CCS(=O)(=O)C1. The van der Waals surface area contributed by atoms with Gasteiger partial charge < -0.3 is 4.74 Å². The Kier molecular flexibility index (Phi) is 4.07. The number of Topliss-reactive ketones (excluding diaryl/α,β-unsaturated/α-hetero) is 1. The van der Waals surface area contributed by atoms with E-state index < -0.39 is 27.6 Å². The predicted molar refractivity (Wildman–Crippen MR) is 57.6 cm³/mol. The number of hydrogen-bond acceptors (Lipinski definition) is 5. The van der Waals surface area contributed by atoms with E-state index in [4.69, 9.17) is 4.74 Å². The van der Waals surface area contributed by atoms with E-state index in [1.807, 2.05) is 0 Å². The van der Waals surface area contributed by atoms with Gasteiger partial charge in [0.25, 0.3) is 0 Å². The van der Waals surface area contributed by atoms with Crippen molar-refractivity contribution in [3.05, 3.63) is 0 Å². The molecular formula is C10H16O5S. The number of carbonyl (C=O) groups excluding carboxylic acids is 2. The van der Waals surface area contributed by atoms with Crippen molar-refractivity contribution in [2.45, 2.75) is 20.3 Å². The van der Waals surface area contributed by atoms with Gasteiger partial charge in [0.1, 0.15) is 11.7 Å². The Labute approximate surface area is 95.1 Å². The molecule has 2 atom stereocenters. The first-order valence-corrected chi connectivity index (χ1v) is 7.07. The summed E-state index contributed by atoms with van der Waals surface area (Å²) in [7, 11) is -3.08. The van der Waals surface area contributed by atoms with Crippen LogP contribution in [0.1, 0.15) is 20.3 Å². The minimum atomic E-state index is -3.08. The van der Waals surface area contributed by atoms with Crippen LogP contribution in [0.5, 0.6) is 0 Å². The van der Waals surface area contributed by atoms with E-state index in [0.717, 1.165) is 0 Å². The van der Waals surface area contributed by atoms with Gasteiger partial charge in [0.05, 0.1) is 18.1 Å². The quantitative estimate of drug-likeness (QED) is 0.524. The molecule has 0 aromatic rings. The van der Waals surface area contributed by atoms with Crippen LogP contribution in [0.2, 0.25) is 0 Å². The standard InChI is InChI=1S/C10H16O5S/c1-3-15-10(12)9(7(2)11)8-4-5-16(13,14)6-8/h8-9H,3-6H2,1-2H3. The summed E-state index contributed by atoms with van der Waals surface area (Å²) in [6.07, 6.45) is 0.366. The van der Waals surface area contributed by atoms with Crippen LogP contribution in [0.15, 0.2) is 0 Å². The number of rotatable bonds is 4. The van der Waals surface area contributed by atoms with Gasteiger partial charge >= 0.3 is 5.97 Å². The minimum Gasteiger partial charge on any atom is -0.465 e. The number of carbonyl (C=O) groups is 2. The van der Waals surface area contributed by atoms with E-state index in [2.05, 4.69) is 0 Å². The van der Waals surface area contributed by atoms with Crippen LogP contribution < -0.4 is 0 Å². The molecule has 1 aliphatic rings. The summed E-state index contributed by atoms with van der Waals surface area (Å²) in [6.45, 7) is 3.15. The molecule has 0 aromatic heterocycles. The van der Waals surface area contributed by atoms with E-state index in [0.29, 0.717) is 6.42 Å². The second-order valence-corrected chi connectivity index (χ2v) is 6.23. The molecule has 92 valence electrons.